The average Bonchev–Trinajstić information content (AvgIpc) is 2.77. The van der Waals surface area contributed by atoms with Crippen LogP contribution in [-0.4, -0.2) is 5.91 Å². The third kappa shape index (κ3) is 2.68. The number of thiophene rings is 1. The number of halogens is 2. The molecule has 0 unspecified atom stereocenters. The lowest BCUT2D eigenvalue weighted by atomic mass is 10.2. The van der Waals surface area contributed by atoms with Gasteiger partial charge in [-0.05, 0) is 46.9 Å². The molecule has 1 heterocycles. The maximum absolute atomic E-state index is 12.3. The van der Waals surface area contributed by atoms with Crippen LogP contribution in [0.2, 0.25) is 5.02 Å². The van der Waals surface area contributed by atoms with Crippen molar-refractivity contribution in [3.8, 4) is 0 Å². The Morgan fingerprint density at radius 1 is 1.15 bits per heavy atom. The molecular weight excluding hydrogens is 405 g/mol. The van der Waals surface area contributed by atoms with Crippen LogP contribution < -0.4 is 5.32 Å². The Bertz CT molecular complexity index is 799. The third-order valence-corrected chi connectivity index (χ3v) is 5.17. The van der Waals surface area contributed by atoms with E-state index in [9.17, 15) is 4.79 Å². The first-order valence-electron chi connectivity index (χ1n) is 5.89. The van der Waals surface area contributed by atoms with E-state index in [1.54, 1.807) is 0 Å². The first-order valence-corrected chi connectivity index (χ1v) is 8.16. The standard InChI is InChI=1S/C15H9ClINOS/c16-13-11-6-1-2-7-12(11)20-14(13)15(19)18-10-5-3-4-9(17)8-10/h1-8H,(H,18,19). The maximum atomic E-state index is 12.3. The lowest BCUT2D eigenvalue weighted by molar-refractivity contribution is 0.103. The molecule has 0 fully saturated rings. The Morgan fingerprint density at radius 2 is 1.95 bits per heavy atom. The number of rotatable bonds is 2. The van der Waals surface area contributed by atoms with Crippen molar-refractivity contribution >= 4 is 67.2 Å². The number of fused-ring (bicyclic) bond motifs is 1. The SMILES string of the molecule is O=C(Nc1cccc(I)c1)c1sc2ccccc2c1Cl. The second-order valence-electron chi connectivity index (χ2n) is 4.21. The molecule has 0 aliphatic rings. The largest absolute Gasteiger partial charge is 0.321 e. The predicted molar refractivity (Wildman–Crippen MR) is 93.9 cm³/mol. The van der Waals surface area contributed by atoms with Gasteiger partial charge in [0.1, 0.15) is 4.88 Å². The number of hydrogen-bond acceptors (Lipinski definition) is 2. The van der Waals surface area contributed by atoms with Crippen molar-refractivity contribution in [3.63, 3.8) is 0 Å². The molecule has 0 bridgehead atoms. The average molecular weight is 414 g/mol. The van der Waals surface area contributed by atoms with Gasteiger partial charge in [-0.2, -0.15) is 0 Å². The molecule has 2 nitrogen and oxygen atoms in total. The van der Waals surface area contributed by atoms with Crippen molar-refractivity contribution in [2.75, 3.05) is 5.32 Å². The van der Waals surface area contributed by atoms with E-state index in [1.807, 2.05) is 48.5 Å². The third-order valence-electron chi connectivity index (χ3n) is 2.82. The number of anilines is 1. The summed E-state index contributed by atoms with van der Waals surface area (Å²) in [7, 11) is 0. The Balaban J connectivity index is 1.95. The highest BCUT2D eigenvalue weighted by molar-refractivity contribution is 14.1. The molecular formula is C15H9ClINOS. The van der Waals surface area contributed by atoms with Crippen LogP contribution in [0.5, 0.6) is 0 Å². The van der Waals surface area contributed by atoms with E-state index in [2.05, 4.69) is 27.9 Å². The number of amides is 1. The molecule has 20 heavy (non-hydrogen) atoms. The monoisotopic (exact) mass is 413 g/mol. The quantitative estimate of drug-likeness (QED) is 0.559. The molecule has 0 atom stereocenters. The second kappa shape index (κ2) is 5.71. The Kier molecular flexibility index (Phi) is 3.96. The van der Waals surface area contributed by atoms with Gasteiger partial charge in [-0.1, -0.05) is 35.9 Å². The number of carbonyl (C=O) groups is 1. The van der Waals surface area contributed by atoms with E-state index in [4.69, 9.17) is 11.6 Å². The van der Waals surface area contributed by atoms with Crippen LogP contribution in [0.25, 0.3) is 10.1 Å². The van der Waals surface area contributed by atoms with Crippen LogP contribution in [0.4, 0.5) is 5.69 Å². The van der Waals surface area contributed by atoms with Crippen molar-refractivity contribution in [1.29, 1.82) is 0 Å². The predicted octanol–water partition coefficient (Wildman–Crippen LogP) is 5.41. The lowest BCUT2D eigenvalue weighted by Gasteiger charge is -2.04. The van der Waals surface area contributed by atoms with E-state index in [0.717, 1.165) is 19.3 Å². The van der Waals surface area contributed by atoms with E-state index in [1.165, 1.54) is 11.3 Å². The molecule has 1 N–H and O–H groups in total. The van der Waals surface area contributed by atoms with Crippen molar-refractivity contribution in [1.82, 2.24) is 0 Å². The molecule has 1 aromatic heterocycles. The van der Waals surface area contributed by atoms with Gasteiger partial charge in [0.2, 0.25) is 0 Å². The minimum absolute atomic E-state index is 0.168. The number of nitrogens with one attached hydrogen (secondary N) is 1. The van der Waals surface area contributed by atoms with Crippen molar-refractivity contribution in [2.24, 2.45) is 0 Å². The Morgan fingerprint density at radius 3 is 2.70 bits per heavy atom. The van der Waals surface area contributed by atoms with Crippen LogP contribution in [0, 0.1) is 3.57 Å². The first kappa shape index (κ1) is 13.9. The van der Waals surface area contributed by atoms with Crippen LogP contribution in [0.15, 0.2) is 48.5 Å². The van der Waals surface area contributed by atoms with Gasteiger partial charge in [0.05, 0.1) is 5.02 Å². The van der Waals surface area contributed by atoms with Crippen LogP contribution >= 0.6 is 45.5 Å². The Hall–Kier alpha value is -1.11. The molecule has 0 aliphatic heterocycles. The molecule has 0 saturated carbocycles. The van der Waals surface area contributed by atoms with Gasteiger partial charge in [0.15, 0.2) is 0 Å². The molecule has 1 amide bonds. The summed E-state index contributed by atoms with van der Waals surface area (Å²) >= 11 is 9.92. The highest BCUT2D eigenvalue weighted by Gasteiger charge is 2.16. The second-order valence-corrected chi connectivity index (χ2v) is 6.88. The minimum Gasteiger partial charge on any atom is -0.321 e. The summed E-state index contributed by atoms with van der Waals surface area (Å²) in [5.74, 6) is -0.168. The van der Waals surface area contributed by atoms with Gasteiger partial charge in [0, 0.05) is 19.3 Å². The zero-order valence-corrected chi connectivity index (χ0v) is 13.9. The molecule has 5 heteroatoms. The minimum atomic E-state index is -0.168. The van der Waals surface area contributed by atoms with Crippen LogP contribution in [0.3, 0.4) is 0 Å². The summed E-state index contributed by atoms with van der Waals surface area (Å²) in [6.07, 6.45) is 0. The summed E-state index contributed by atoms with van der Waals surface area (Å²) in [5.41, 5.74) is 0.774. The van der Waals surface area contributed by atoms with Gasteiger partial charge in [0.25, 0.3) is 5.91 Å². The van der Waals surface area contributed by atoms with Crippen LogP contribution in [0.1, 0.15) is 9.67 Å². The molecule has 2 aromatic carbocycles. The molecule has 0 aliphatic carbocycles. The van der Waals surface area contributed by atoms with E-state index < -0.39 is 0 Å². The van der Waals surface area contributed by atoms with Gasteiger partial charge >= 0.3 is 0 Å². The maximum Gasteiger partial charge on any atom is 0.267 e. The van der Waals surface area contributed by atoms with Gasteiger partial charge in [-0.25, -0.2) is 0 Å². The zero-order valence-electron chi connectivity index (χ0n) is 10.2. The Labute approximate surface area is 138 Å². The summed E-state index contributed by atoms with van der Waals surface area (Å²) in [5, 5.41) is 4.33. The summed E-state index contributed by atoms with van der Waals surface area (Å²) in [4.78, 5) is 12.9. The van der Waals surface area contributed by atoms with Gasteiger partial charge < -0.3 is 5.32 Å². The topological polar surface area (TPSA) is 29.1 Å². The molecule has 3 rings (SSSR count). The summed E-state index contributed by atoms with van der Waals surface area (Å²) < 4.78 is 2.09. The fourth-order valence-corrected chi connectivity index (χ4v) is 3.87. The van der Waals surface area contributed by atoms with Crippen molar-refractivity contribution in [2.45, 2.75) is 0 Å². The number of hydrogen-bond donors (Lipinski definition) is 1. The van der Waals surface area contributed by atoms with E-state index >= 15 is 0 Å². The zero-order chi connectivity index (χ0) is 14.1. The van der Waals surface area contributed by atoms with Crippen molar-refractivity contribution in [3.05, 3.63) is 62.0 Å². The van der Waals surface area contributed by atoms with E-state index in [-0.39, 0.29) is 5.91 Å². The molecule has 0 spiro atoms. The molecule has 3 aromatic rings. The highest BCUT2D eigenvalue weighted by atomic mass is 127. The van der Waals surface area contributed by atoms with Gasteiger partial charge in [-0.15, -0.1) is 11.3 Å². The first-order chi connectivity index (χ1) is 9.65. The van der Waals surface area contributed by atoms with Crippen molar-refractivity contribution < 1.29 is 4.79 Å². The van der Waals surface area contributed by atoms with E-state index in [0.29, 0.717) is 9.90 Å². The summed E-state index contributed by atoms with van der Waals surface area (Å²) in [6, 6.07) is 15.4. The molecule has 100 valence electrons. The fraction of sp³-hybridized carbons (Fsp3) is 0. The fourth-order valence-electron chi connectivity index (χ4n) is 1.91. The number of carbonyl (C=O) groups excluding carboxylic acids is 1. The highest BCUT2D eigenvalue weighted by Crippen LogP contribution is 2.35. The molecule has 0 radical (unpaired) electrons. The number of benzene rings is 2. The lowest BCUT2D eigenvalue weighted by Crippen LogP contribution is -2.10. The normalized spacial score (nSPS) is 10.7. The summed E-state index contributed by atoms with van der Waals surface area (Å²) in [6.45, 7) is 0. The molecule has 0 saturated heterocycles. The van der Waals surface area contributed by atoms with Gasteiger partial charge in [-0.3, -0.25) is 4.79 Å². The smallest absolute Gasteiger partial charge is 0.267 e. The van der Waals surface area contributed by atoms with Crippen LogP contribution in [-0.2, 0) is 0 Å².